The molecule has 23 heavy (non-hydrogen) atoms. The number of rotatable bonds is 8. The van der Waals surface area contributed by atoms with E-state index in [2.05, 4.69) is 45.4 Å². The monoisotopic (exact) mass is 350 g/mol. The van der Waals surface area contributed by atoms with Crippen molar-refractivity contribution in [2.45, 2.75) is 56.8 Å². The Morgan fingerprint density at radius 1 is 1.43 bits per heavy atom. The molecule has 1 saturated carbocycles. The van der Waals surface area contributed by atoms with Crippen LogP contribution in [0.25, 0.3) is 10.7 Å². The van der Waals surface area contributed by atoms with Crippen molar-refractivity contribution in [3.8, 4) is 10.7 Å². The predicted octanol–water partition coefficient (Wildman–Crippen LogP) is 3.74. The fraction of sp³-hybridized carbons (Fsp3) is 0.562. The van der Waals surface area contributed by atoms with Crippen molar-refractivity contribution in [3.63, 3.8) is 0 Å². The number of nitrogens with one attached hydrogen (secondary N) is 1. The quantitative estimate of drug-likeness (QED) is 0.737. The van der Waals surface area contributed by atoms with Crippen molar-refractivity contribution in [1.82, 2.24) is 20.1 Å². The molecule has 1 N–H and O–H groups in total. The van der Waals surface area contributed by atoms with E-state index in [1.165, 1.54) is 24.6 Å². The molecule has 1 aliphatic rings. The first kappa shape index (κ1) is 16.5. The molecule has 2 aromatic rings. The van der Waals surface area contributed by atoms with Gasteiger partial charge in [-0.05, 0) is 37.1 Å². The molecule has 0 unspecified atom stereocenters. The van der Waals surface area contributed by atoms with Gasteiger partial charge in [0.05, 0.1) is 10.6 Å². The molecule has 5 nitrogen and oxygen atoms in total. The first-order valence-corrected chi connectivity index (χ1v) is 10.00. The van der Waals surface area contributed by atoms with Crippen molar-refractivity contribution in [3.05, 3.63) is 17.5 Å². The average molecular weight is 351 g/mol. The molecule has 7 heteroatoms. The second-order valence-electron chi connectivity index (χ2n) is 5.75. The molecule has 0 bridgehead atoms. The molecule has 2 aromatic heterocycles. The molecule has 0 atom stereocenters. The van der Waals surface area contributed by atoms with Gasteiger partial charge >= 0.3 is 0 Å². The number of thiophene rings is 1. The third-order valence-electron chi connectivity index (χ3n) is 4.00. The SMILES string of the molecule is CCC(CC)NC(=O)CSc1nnc(-c2cccs2)n1C1CC1. The summed E-state index contributed by atoms with van der Waals surface area (Å²) in [6.45, 7) is 4.19. The van der Waals surface area contributed by atoms with Crippen LogP contribution in [0.4, 0.5) is 0 Å². The van der Waals surface area contributed by atoms with Crippen LogP contribution in [0.5, 0.6) is 0 Å². The highest BCUT2D eigenvalue weighted by atomic mass is 32.2. The zero-order valence-corrected chi connectivity index (χ0v) is 15.1. The van der Waals surface area contributed by atoms with Crippen LogP contribution in [0.3, 0.4) is 0 Å². The van der Waals surface area contributed by atoms with Gasteiger partial charge in [-0.25, -0.2) is 0 Å². The smallest absolute Gasteiger partial charge is 0.230 e. The number of nitrogens with zero attached hydrogens (tertiary/aromatic N) is 3. The van der Waals surface area contributed by atoms with Gasteiger partial charge in [0.1, 0.15) is 0 Å². The van der Waals surface area contributed by atoms with Gasteiger partial charge in [0.2, 0.25) is 5.91 Å². The summed E-state index contributed by atoms with van der Waals surface area (Å²) in [6, 6.07) is 4.86. The first-order valence-electron chi connectivity index (χ1n) is 8.13. The van der Waals surface area contributed by atoms with Gasteiger partial charge in [-0.15, -0.1) is 21.5 Å². The second-order valence-corrected chi connectivity index (χ2v) is 7.64. The summed E-state index contributed by atoms with van der Waals surface area (Å²) in [5.74, 6) is 1.41. The maximum absolute atomic E-state index is 12.1. The normalized spacial score (nSPS) is 14.4. The fourth-order valence-corrected chi connectivity index (χ4v) is 4.03. The highest BCUT2D eigenvalue weighted by Crippen LogP contribution is 2.41. The van der Waals surface area contributed by atoms with Crippen LogP contribution in [-0.2, 0) is 4.79 Å². The van der Waals surface area contributed by atoms with Gasteiger partial charge in [-0.3, -0.25) is 9.36 Å². The van der Waals surface area contributed by atoms with Crippen LogP contribution in [0.2, 0.25) is 0 Å². The molecule has 124 valence electrons. The number of hydrogen-bond acceptors (Lipinski definition) is 5. The predicted molar refractivity (Wildman–Crippen MR) is 94.8 cm³/mol. The Morgan fingerprint density at radius 2 is 2.22 bits per heavy atom. The largest absolute Gasteiger partial charge is 0.353 e. The van der Waals surface area contributed by atoms with Gasteiger partial charge in [0.25, 0.3) is 0 Å². The fourth-order valence-electron chi connectivity index (χ4n) is 2.50. The minimum absolute atomic E-state index is 0.0757. The van der Waals surface area contributed by atoms with Crippen molar-refractivity contribution in [2.24, 2.45) is 0 Å². The van der Waals surface area contributed by atoms with E-state index < -0.39 is 0 Å². The Labute approximate surface area is 144 Å². The summed E-state index contributed by atoms with van der Waals surface area (Å²) in [7, 11) is 0. The third kappa shape index (κ3) is 3.95. The molecule has 0 saturated heterocycles. The molecule has 1 amide bonds. The second kappa shape index (κ2) is 7.49. The summed E-state index contributed by atoms with van der Waals surface area (Å²) in [4.78, 5) is 13.2. The lowest BCUT2D eigenvalue weighted by Crippen LogP contribution is -2.35. The Kier molecular flexibility index (Phi) is 5.38. The van der Waals surface area contributed by atoms with Gasteiger partial charge < -0.3 is 5.32 Å². The van der Waals surface area contributed by atoms with Gasteiger partial charge in [-0.2, -0.15) is 0 Å². The average Bonchev–Trinajstić information content (AvgIpc) is 3.10. The van der Waals surface area contributed by atoms with E-state index in [1.807, 2.05) is 6.07 Å². The highest BCUT2D eigenvalue weighted by Gasteiger charge is 2.30. The summed E-state index contributed by atoms with van der Waals surface area (Å²) >= 11 is 3.16. The summed E-state index contributed by atoms with van der Waals surface area (Å²) < 4.78 is 2.21. The van der Waals surface area contributed by atoms with E-state index >= 15 is 0 Å². The molecule has 0 radical (unpaired) electrons. The van der Waals surface area contributed by atoms with E-state index in [0.29, 0.717) is 11.8 Å². The maximum atomic E-state index is 12.1. The van der Waals surface area contributed by atoms with Crippen LogP contribution in [-0.4, -0.2) is 32.5 Å². The Morgan fingerprint density at radius 3 is 2.83 bits per heavy atom. The van der Waals surface area contributed by atoms with Crippen molar-refractivity contribution in [2.75, 3.05) is 5.75 Å². The topological polar surface area (TPSA) is 59.8 Å². The van der Waals surface area contributed by atoms with Gasteiger partial charge in [0.15, 0.2) is 11.0 Å². The van der Waals surface area contributed by atoms with Crippen molar-refractivity contribution < 1.29 is 4.79 Å². The minimum Gasteiger partial charge on any atom is -0.353 e. The lowest BCUT2D eigenvalue weighted by molar-refractivity contribution is -0.119. The molecule has 1 aliphatic carbocycles. The van der Waals surface area contributed by atoms with E-state index in [0.717, 1.165) is 28.7 Å². The van der Waals surface area contributed by atoms with Crippen LogP contribution in [0.15, 0.2) is 22.7 Å². The molecule has 1 fully saturated rings. The minimum atomic E-state index is 0.0757. The summed E-state index contributed by atoms with van der Waals surface area (Å²) in [5, 5.41) is 14.7. The van der Waals surface area contributed by atoms with E-state index in [1.54, 1.807) is 11.3 Å². The Bertz CT molecular complexity index is 645. The zero-order valence-electron chi connectivity index (χ0n) is 13.5. The van der Waals surface area contributed by atoms with Crippen LogP contribution < -0.4 is 5.32 Å². The van der Waals surface area contributed by atoms with Gasteiger partial charge in [-0.1, -0.05) is 31.7 Å². The molecule has 0 spiro atoms. The number of hydrogen-bond donors (Lipinski definition) is 1. The number of amides is 1. The van der Waals surface area contributed by atoms with E-state index in [4.69, 9.17) is 0 Å². The highest BCUT2D eigenvalue weighted by molar-refractivity contribution is 7.99. The van der Waals surface area contributed by atoms with Crippen LogP contribution in [0, 0.1) is 0 Å². The maximum Gasteiger partial charge on any atom is 0.230 e. The third-order valence-corrected chi connectivity index (χ3v) is 5.81. The molecular weight excluding hydrogens is 328 g/mol. The van der Waals surface area contributed by atoms with Crippen molar-refractivity contribution >= 4 is 29.0 Å². The summed E-state index contributed by atoms with van der Waals surface area (Å²) in [5.41, 5.74) is 0. The van der Waals surface area contributed by atoms with Crippen LogP contribution >= 0.6 is 23.1 Å². The Balaban J connectivity index is 1.68. The molecule has 2 heterocycles. The Hall–Kier alpha value is -1.34. The first-order chi connectivity index (χ1) is 11.2. The zero-order chi connectivity index (χ0) is 16.2. The molecule has 0 aliphatic heterocycles. The van der Waals surface area contributed by atoms with Crippen molar-refractivity contribution in [1.29, 1.82) is 0 Å². The van der Waals surface area contributed by atoms with E-state index in [-0.39, 0.29) is 11.9 Å². The lowest BCUT2D eigenvalue weighted by atomic mass is 10.2. The number of carbonyl (C=O) groups is 1. The molecular formula is C16H22N4OS2. The standard InChI is InChI=1S/C16H22N4OS2/c1-3-11(4-2)17-14(21)10-23-16-19-18-15(13-6-5-9-22-13)20(16)12-7-8-12/h5-6,9,11-12H,3-4,7-8,10H2,1-2H3,(H,17,21). The number of thioether (sulfide) groups is 1. The lowest BCUT2D eigenvalue weighted by Gasteiger charge is -2.14. The van der Waals surface area contributed by atoms with E-state index in [9.17, 15) is 4.79 Å². The van der Waals surface area contributed by atoms with Gasteiger partial charge in [0, 0.05) is 12.1 Å². The van der Waals surface area contributed by atoms with Crippen LogP contribution in [0.1, 0.15) is 45.6 Å². The molecule has 3 rings (SSSR count). The number of aromatic nitrogens is 3. The summed E-state index contributed by atoms with van der Waals surface area (Å²) in [6.07, 6.45) is 4.27. The molecule has 0 aromatic carbocycles. The number of carbonyl (C=O) groups excluding carboxylic acids is 1.